The van der Waals surface area contributed by atoms with Crippen LogP contribution in [-0.2, 0) is 4.74 Å². The van der Waals surface area contributed by atoms with Crippen molar-refractivity contribution in [2.75, 3.05) is 10.6 Å². The predicted octanol–water partition coefficient (Wildman–Crippen LogP) is 6.02. The van der Waals surface area contributed by atoms with Gasteiger partial charge in [-0.15, -0.1) is 0 Å². The van der Waals surface area contributed by atoms with E-state index < -0.39 is 0 Å². The van der Waals surface area contributed by atoms with Crippen molar-refractivity contribution in [1.29, 1.82) is 0 Å². The second-order valence-corrected chi connectivity index (χ2v) is 8.43. The van der Waals surface area contributed by atoms with Gasteiger partial charge in [0.15, 0.2) is 12.1 Å². The molecule has 3 aromatic carbocycles. The van der Waals surface area contributed by atoms with Gasteiger partial charge in [0.25, 0.3) is 0 Å². The number of rotatable bonds is 6. The van der Waals surface area contributed by atoms with Crippen LogP contribution in [0.15, 0.2) is 95.9 Å². The normalized spacial score (nSPS) is 17.0. The lowest BCUT2D eigenvalue weighted by Gasteiger charge is -2.14. The molecule has 8 heteroatoms. The van der Waals surface area contributed by atoms with Crippen molar-refractivity contribution in [3.8, 4) is 11.4 Å². The van der Waals surface area contributed by atoms with E-state index in [4.69, 9.17) is 19.1 Å². The van der Waals surface area contributed by atoms with Gasteiger partial charge in [0.1, 0.15) is 11.9 Å². The highest BCUT2D eigenvalue weighted by Crippen LogP contribution is 2.41. The summed E-state index contributed by atoms with van der Waals surface area (Å²) in [6.45, 7) is 0. The number of fused-ring (bicyclic) bond motifs is 2. The molecule has 3 aromatic heterocycles. The zero-order valence-corrected chi connectivity index (χ0v) is 18.5. The van der Waals surface area contributed by atoms with Crippen molar-refractivity contribution >= 4 is 39.0 Å². The molecule has 1 fully saturated rings. The minimum absolute atomic E-state index is 0.0330. The second-order valence-electron chi connectivity index (χ2n) is 8.43. The van der Waals surface area contributed by atoms with Crippen LogP contribution in [-0.4, -0.2) is 26.4 Å². The van der Waals surface area contributed by atoms with Gasteiger partial charge in [0.05, 0.1) is 29.8 Å². The van der Waals surface area contributed by atoms with E-state index in [9.17, 15) is 0 Å². The number of ether oxygens (including phenoxy) is 1. The van der Waals surface area contributed by atoms with Gasteiger partial charge in [-0.25, -0.2) is 9.97 Å². The number of hydrogen-bond acceptors (Lipinski definition) is 7. The molecule has 0 bridgehead atoms. The molecule has 2 unspecified atom stereocenters. The largest absolute Gasteiger partial charge is 0.472 e. The molecule has 0 aliphatic carbocycles. The number of nitrogens with zero attached hydrogens (tertiary/aromatic N) is 3. The third kappa shape index (κ3) is 3.66. The quantitative estimate of drug-likeness (QED) is 0.261. The first kappa shape index (κ1) is 19.7. The van der Waals surface area contributed by atoms with E-state index in [1.54, 1.807) is 12.5 Å². The van der Waals surface area contributed by atoms with Crippen LogP contribution in [0, 0.1) is 0 Å². The van der Waals surface area contributed by atoms with Gasteiger partial charge in [-0.1, -0.05) is 24.3 Å². The molecule has 170 valence electrons. The number of nitrogens with one attached hydrogen (secondary N) is 3. The number of epoxide rings is 1. The molecule has 1 aliphatic rings. The van der Waals surface area contributed by atoms with Crippen LogP contribution in [0.25, 0.3) is 33.2 Å². The number of benzene rings is 3. The fourth-order valence-electron chi connectivity index (χ4n) is 4.32. The third-order valence-corrected chi connectivity index (χ3v) is 6.14. The molecule has 7 rings (SSSR count). The van der Waals surface area contributed by atoms with E-state index in [-0.39, 0.29) is 12.3 Å². The summed E-state index contributed by atoms with van der Waals surface area (Å²) in [6, 6.07) is 24.0. The molecule has 35 heavy (non-hydrogen) atoms. The summed E-state index contributed by atoms with van der Waals surface area (Å²) in [5.74, 6) is 1.36. The van der Waals surface area contributed by atoms with E-state index in [0.29, 0.717) is 5.82 Å². The Morgan fingerprint density at radius 3 is 2.77 bits per heavy atom. The minimum Gasteiger partial charge on any atom is -0.472 e. The van der Waals surface area contributed by atoms with E-state index in [1.807, 2.05) is 79.0 Å². The number of aromatic nitrogens is 4. The molecule has 8 nitrogen and oxygen atoms in total. The first-order valence-corrected chi connectivity index (χ1v) is 11.3. The molecule has 2 atom stereocenters. The number of para-hydroxylation sites is 2. The van der Waals surface area contributed by atoms with Crippen molar-refractivity contribution in [1.82, 2.24) is 20.2 Å². The average Bonchev–Trinajstić information content (AvgIpc) is 3.25. The number of anilines is 3. The average molecular weight is 460 g/mol. The maximum Gasteiger partial charge on any atom is 0.164 e. The number of H-pyrrole nitrogens is 1. The van der Waals surface area contributed by atoms with Gasteiger partial charge in [0, 0.05) is 33.3 Å². The van der Waals surface area contributed by atoms with Gasteiger partial charge < -0.3 is 19.8 Å². The zero-order valence-electron chi connectivity index (χ0n) is 18.5. The molecular formula is C27H20N6O2. The Morgan fingerprint density at radius 2 is 1.83 bits per heavy atom. The minimum atomic E-state index is -0.131. The van der Waals surface area contributed by atoms with Crippen molar-refractivity contribution < 1.29 is 9.15 Å². The van der Waals surface area contributed by atoms with Gasteiger partial charge in [-0.05, 0) is 48.5 Å². The van der Waals surface area contributed by atoms with Crippen LogP contribution in [0.1, 0.15) is 11.7 Å². The standard InChI is InChI=1S/C27H20N6O2/c1-3-7-22-19(5-1)25(29-18-9-10-21-17(13-18)14-28-33-21)32-26(30-22)20-6-2-4-8-23(20)31-27-24(35-27)16-11-12-34-15-16/h1-15,24,27,31H,(H,28,33)(H,29,30,32). The van der Waals surface area contributed by atoms with Gasteiger partial charge in [-0.3, -0.25) is 5.10 Å². The predicted molar refractivity (Wildman–Crippen MR) is 134 cm³/mol. The topological polar surface area (TPSA) is 104 Å². The van der Waals surface area contributed by atoms with E-state index in [1.165, 1.54) is 0 Å². The molecule has 1 aliphatic heterocycles. The smallest absolute Gasteiger partial charge is 0.164 e. The van der Waals surface area contributed by atoms with Gasteiger partial charge in [-0.2, -0.15) is 5.10 Å². The first-order valence-electron chi connectivity index (χ1n) is 11.3. The number of aromatic amines is 1. The fourth-order valence-corrected chi connectivity index (χ4v) is 4.32. The second kappa shape index (κ2) is 7.96. The Kier molecular flexibility index (Phi) is 4.49. The maximum absolute atomic E-state index is 5.83. The van der Waals surface area contributed by atoms with Gasteiger partial charge in [0.2, 0.25) is 0 Å². The van der Waals surface area contributed by atoms with Crippen molar-refractivity contribution in [2.45, 2.75) is 12.3 Å². The lowest BCUT2D eigenvalue weighted by atomic mass is 10.1. The lowest BCUT2D eigenvalue weighted by molar-refractivity contribution is 0.385. The summed E-state index contributed by atoms with van der Waals surface area (Å²) in [5, 5.41) is 16.0. The Morgan fingerprint density at radius 1 is 0.914 bits per heavy atom. The van der Waals surface area contributed by atoms with E-state index in [0.717, 1.165) is 50.1 Å². The third-order valence-electron chi connectivity index (χ3n) is 6.14. The zero-order chi connectivity index (χ0) is 23.2. The summed E-state index contributed by atoms with van der Waals surface area (Å²) in [5.41, 5.74) is 5.59. The van der Waals surface area contributed by atoms with Crippen LogP contribution < -0.4 is 10.6 Å². The molecular weight excluding hydrogens is 440 g/mol. The summed E-state index contributed by atoms with van der Waals surface area (Å²) in [6.07, 6.45) is 5.01. The molecule has 1 saturated heterocycles. The van der Waals surface area contributed by atoms with Crippen LogP contribution in [0.5, 0.6) is 0 Å². The van der Waals surface area contributed by atoms with E-state index >= 15 is 0 Å². The van der Waals surface area contributed by atoms with E-state index in [2.05, 4.69) is 20.8 Å². The van der Waals surface area contributed by atoms with Crippen LogP contribution in [0.2, 0.25) is 0 Å². The Bertz CT molecular complexity index is 1660. The number of hydrogen-bond donors (Lipinski definition) is 3. The Hall–Kier alpha value is -4.69. The molecule has 0 amide bonds. The van der Waals surface area contributed by atoms with Gasteiger partial charge >= 0.3 is 0 Å². The Labute approximate surface area is 200 Å². The highest BCUT2D eigenvalue weighted by Gasteiger charge is 2.41. The molecule has 3 N–H and O–H groups in total. The molecule has 0 saturated carbocycles. The highest BCUT2D eigenvalue weighted by molar-refractivity contribution is 5.94. The summed E-state index contributed by atoms with van der Waals surface area (Å²) in [7, 11) is 0. The fraction of sp³-hybridized carbons (Fsp3) is 0.0741. The first-order chi connectivity index (χ1) is 17.3. The number of furan rings is 1. The van der Waals surface area contributed by atoms with Crippen molar-refractivity contribution in [2.24, 2.45) is 0 Å². The van der Waals surface area contributed by atoms with Crippen LogP contribution in [0.4, 0.5) is 17.2 Å². The Balaban J connectivity index is 1.26. The van der Waals surface area contributed by atoms with Crippen molar-refractivity contribution in [3.63, 3.8) is 0 Å². The highest BCUT2D eigenvalue weighted by atomic mass is 16.6. The molecule has 6 aromatic rings. The lowest BCUT2D eigenvalue weighted by Crippen LogP contribution is -2.07. The van der Waals surface area contributed by atoms with Crippen molar-refractivity contribution in [3.05, 3.63) is 97.1 Å². The monoisotopic (exact) mass is 460 g/mol. The molecule has 0 radical (unpaired) electrons. The summed E-state index contributed by atoms with van der Waals surface area (Å²) >= 11 is 0. The van der Waals surface area contributed by atoms with Crippen LogP contribution >= 0.6 is 0 Å². The van der Waals surface area contributed by atoms with Crippen LogP contribution in [0.3, 0.4) is 0 Å². The molecule has 4 heterocycles. The summed E-state index contributed by atoms with van der Waals surface area (Å²) < 4.78 is 11.0. The summed E-state index contributed by atoms with van der Waals surface area (Å²) in [4.78, 5) is 9.83. The maximum atomic E-state index is 5.83. The SMILES string of the molecule is c1ccc(-c2nc(Nc3ccc4[nH]ncc4c3)c3ccccc3n2)c(NC2OC2c2ccoc2)c1. The molecule has 0 spiro atoms.